The molecule has 0 unspecified atom stereocenters. The van der Waals surface area contributed by atoms with Gasteiger partial charge in [0.25, 0.3) is 0 Å². The first kappa shape index (κ1) is 11.2. The van der Waals surface area contributed by atoms with Crippen molar-refractivity contribution in [2.24, 2.45) is 0 Å². The fraction of sp³-hybridized carbons (Fsp3) is 0.667. The minimum atomic E-state index is -0.0626. The van der Waals surface area contributed by atoms with E-state index in [9.17, 15) is 4.79 Å². The zero-order valence-corrected chi connectivity index (χ0v) is 7.85. The summed E-state index contributed by atoms with van der Waals surface area (Å²) in [7, 11) is 1.67. The van der Waals surface area contributed by atoms with Gasteiger partial charge in [-0.05, 0) is 19.8 Å². The van der Waals surface area contributed by atoms with E-state index in [0.717, 1.165) is 19.4 Å². The Balaban J connectivity index is 3.20. The van der Waals surface area contributed by atoms with Gasteiger partial charge in [0.05, 0.1) is 0 Å². The number of methoxy groups -OCH3 is 1. The molecule has 0 aliphatic rings. The Morgan fingerprint density at radius 2 is 2.17 bits per heavy atom. The Kier molecular flexibility index (Phi) is 6.38. The van der Waals surface area contributed by atoms with E-state index < -0.39 is 0 Å². The first-order valence-electron chi connectivity index (χ1n) is 4.11. The van der Waals surface area contributed by atoms with Crippen molar-refractivity contribution >= 4 is 5.91 Å². The van der Waals surface area contributed by atoms with Crippen molar-refractivity contribution in [2.45, 2.75) is 19.8 Å². The molecule has 0 rings (SSSR count). The van der Waals surface area contributed by atoms with Gasteiger partial charge in [-0.1, -0.05) is 6.58 Å². The molecule has 0 aromatic heterocycles. The van der Waals surface area contributed by atoms with Crippen LogP contribution in [0.1, 0.15) is 19.8 Å². The van der Waals surface area contributed by atoms with Crippen LogP contribution >= 0.6 is 0 Å². The molecule has 12 heavy (non-hydrogen) atoms. The topological polar surface area (TPSA) is 38.3 Å². The van der Waals surface area contributed by atoms with Crippen molar-refractivity contribution in [1.29, 1.82) is 0 Å². The van der Waals surface area contributed by atoms with E-state index in [1.54, 1.807) is 14.0 Å². The molecule has 0 heterocycles. The molecule has 0 saturated heterocycles. The van der Waals surface area contributed by atoms with Crippen LogP contribution in [-0.4, -0.2) is 26.2 Å². The lowest BCUT2D eigenvalue weighted by Gasteiger charge is -2.03. The van der Waals surface area contributed by atoms with E-state index in [1.807, 2.05) is 0 Å². The molecule has 0 bridgehead atoms. The van der Waals surface area contributed by atoms with Crippen molar-refractivity contribution in [1.82, 2.24) is 5.32 Å². The monoisotopic (exact) mass is 171 g/mol. The molecule has 0 aromatic rings. The third-order valence-corrected chi connectivity index (χ3v) is 1.45. The van der Waals surface area contributed by atoms with Gasteiger partial charge < -0.3 is 10.1 Å². The van der Waals surface area contributed by atoms with Crippen molar-refractivity contribution in [3.05, 3.63) is 12.2 Å². The van der Waals surface area contributed by atoms with Gasteiger partial charge in [-0.2, -0.15) is 0 Å². The van der Waals surface area contributed by atoms with Crippen molar-refractivity contribution < 1.29 is 9.53 Å². The molecule has 3 nitrogen and oxygen atoms in total. The Bertz CT molecular complexity index is 155. The highest BCUT2D eigenvalue weighted by Gasteiger charge is 1.98. The number of hydrogen-bond acceptors (Lipinski definition) is 2. The minimum absolute atomic E-state index is 0.0626. The third-order valence-electron chi connectivity index (χ3n) is 1.45. The molecule has 0 spiro atoms. The highest BCUT2D eigenvalue weighted by atomic mass is 16.5. The molecule has 0 aromatic carbocycles. The highest BCUT2D eigenvalue weighted by molar-refractivity contribution is 5.91. The number of ether oxygens (including phenoxy) is 1. The largest absolute Gasteiger partial charge is 0.385 e. The number of unbranched alkanes of at least 4 members (excludes halogenated alkanes) is 1. The lowest BCUT2D eigenvalue weighted by atomic mass is 10.3. The summed E-state index contributed by atoms with van der Waals surface area (Å²) in [5.41, 5.74) is 0.557. The van der Waals surface area contributed by atoms with Crippen LogP contribution in [0, 0.1) is 0 Å². The maximum Gasteiger partial charge on any atom is 0.246 e. The van der Waals surface area contributed by atoms with Crippen LogP contribution in [0.3, 0.4) is 0 Å². The number of amides is 1. The summed E-state index contributed by atoms with van der Waals surface area (Å²) in [6, 6.07) is 0. The van der Waals surface area contributed by atoms with Gasteiger partial charge >= 0.3 is 0 Å². The highest BCUT2D eigenvalue weighted by Crippen LogP contribution is 1.89. The quantitative estimate of drug-likeness (QED) is 0.480. The molecule has 3 heteroatoms. The van der Waals surface area contributed by atoms with E-state index in [1.165, 1.54) is 0 Å². The average Bonchev–Trinajstić information content (AvgIpc) is 2.03. The molecule has 0 aliphatic heterocycles. The van der Waals surface area contributed by atoms with Crippen LogP contribution in [0.2, 0.25) is 0 Å². The van der Waals surface area contributed by atoms with E-state index in [0.29, 0.717) is 12.1 Å². The summed E-state index contributed by atoms with van der Waals surface area (Å²) in [4.78, 5) is 10.9. The Morgan fingerprint density at radius 1 is 1.50 bits per heavy atom. The molecule has 0 fully saturated rings. The average molecular weight is 171 g/mol. The zero-order valence-electron chi connectivity index (χ0n) is 7.85. The Hall–Kier alpha value is -0.830. The third kappa shape index (κ3) is 5.92. The molecule has 0 radical (unpaired) electrons. The first-order chi connectivity index (χ1) is 5.68. The SMILES string of the molecule is C=C(C)C(=O)NCCCCOC. The van der Waals surface area contributed by atoms with Crippen LogP contribution in [0.15, 0.2) is 12.2 Å². The Morgan fingerprint density at radius 3 is 2.67 bits per heavy atom. The molecule has 1 amide bonds. The van der Waals surface area contributed by atoms with E-state index >= 15 is 0 Å². The molecular weight excluding hydrogens is 154 g/mol. The van der Waals surface area contributed by atoms with Gasteiger partial charge in [-0.25, -0.2) is 0 Å². The first-order valence-corrected chi connectivity index (χ1v) is 4.11. The van der Waals surface area contributed by atoms with Crippen LogP contribution < -0.4 is 5.32 Å². The normalized spacial score (nSPS) is 9.50. The minimum Gasteiger partial charge on any atom is -0.385 e. The van der Waals surface area contributed by atoms with E-state index in [-0.39, 0.29) is 5.91 Å². The fourth-order valence-electron chi connectivity index (χ4n) is 0.724. The molecular formula is C9H17NO2. The number of carbonyl (C=O) groups is 1. The number of nitrogens with one attached hydrogen (secondary N) is 1. The summed E-state index contributed by atoms with van der Waals surface area (Å²) in [6.07, 6.45) is 1.93. The maximum absolute atomic E-state index is 10.9. The zero-order chi connectivity index (χ0) is 9.40. The Labute approximate surface area is 73.8 Å². The van der Waals surface area contributed by atoms with Crippen LogP contribution in [0.25, 0.3) is 0 Å². The van der Waals surface area contributed by atoms with Gasteiger partial charge in [0.1, 0.15) is 0 Å². The molecule has 70 valence electrons. The second-order valence-corrected chi connectivity index (χ2v) is 2.74. The van der Waals surface area contributed by atoms with E-state index in [4.69, 9.17) is 4.74 Å². The van der Waals surface area contributed by atoms with Crippen LogP contribution in [0.5, 0.6) is 0 Å². The summed E-state index contributed by atoms with van der Waals surface area (Å²) in [5.74, 6) is -0.0626. The number of hydrogen-bond donors (Lipinski definition) is 1. The van der Waals surface area contributed by atoms with Gasteiger partial charge in [0.15, 0.2) is 0 Å². The lowest BCUT2D eigenvalue weighted by molar-refractivity contribution is -0.117. The molecule has 1 N–H and O–H groups in total. The smallest absolute Gasteiger partial charge is 0.246 e. The summed E-state index contributed by atoms with van der Waals surface area (Å²) in [6.45, 7) is 6.69. The molecule has 0 saturated carbocycles. The second kappa shape index (κ2) is 6.85. The van der Waals surface area contributed by atoms with Gasteiger partial charge in [-0.15, -0.1) is 0 Å². The standard InChI is InChI=1S/C9H17NO2/c1-8(2)9(11)10-6-4-5-7-12-3/h1,4-7H2,2-3H3,(H,10,11). The van der Waals surface area contributed by atoms with Crippen LogP contribution in [0.4, 0.5) is 0 Å². The van der Waals surface area contributed by atoms with Gasteiger partial charge in [-0.3, -0.25) is 4.79 Å². The maximum atomic E-state index is 10.9. The fourth-order valence-corrected chi connectivity index (χ4v) is 0.724. The predicted octanol–water partition coefficient (Wildman–Crippen LogP) is 1.11. The van der Waals surface area contributed by atoms with Crippen molar-refractivity contribution in [2.75, 3.05) is 20.3 Å². The van der Waals surface area contributed by atoms with Crippen molar-refractivity contribution in [3.63, 3.8) is 0 Å². The lowest BCUT2D eigenvalue weighted by Crippen LogP contribution is -2.24. The summed E-state index contributed by atoms with van der Waals surface area (Å²) >= 11 is 0. The number of rotatable bonds is 6. The summed E-state index contributed by atoms with van der Waals surface area (Å²) < 4.78 is 4.87. The predicted molar refractivity (Wildman–Crippen MR) is 48.9 cm³/mol. The van der Waals surface area contributed by atoms with Gasteiger partial charge in [0.2, 0.25) is 5.91 Å². The van der Waals surface area contributed by atoms with Crippen molar-refractivity contribution in [3.8, 4) is 0 Å². The van der Waals surface area contributed by atoms with Crippen LogP contribution in [-0.2, 0) is 9.53 Å². The second-order valence-electron chi connectivity index (χ2n) is 2.74. The van der Waals surface area contributed by atoms with E-state index in [2.05, 4.69) is 11.9 Å². The molecule has 0 atom stereocenters. The number of carbonyl (C=O) groups excluding carboxylic acids is 1. The molecule has 0 aliphatic carbocycles. The van der Waals surface area contributed by atoms with Gasteiger partial charge in [0, 0.05) is 25.8 Å². The summed E-state index contributed by atoms with van der Waals surface area (Å²) in [5, 5.41) is 2.75.